The number of carbonyl (C=O) groups excluding carboxylic acids is 2. The summed E-state index contributed by atoms with van der Waals surface area (Å²) in [6.45, 7) is 8.26. The highest BCUT2D eigenvalue weighted by Crippen LogP contribution is 2.65. The van der Waals surface area contributed by atoms with E-state index in [0.717, 1.165) is 32.3 Å². The fraction of sp³-hybridized carbons (Fsp3) is 0.158. The topological polar surface area (TPSA) is 180 Å². The molecule has 8 rings (SSSR count). The Labute approximate surface area is 293 Å². The normalized spacial score (nSPS) is 18.6. The zero-order valence-electron chi connectivity index (χ0n) is 26.8. The van der Waals surface area contributed by atoms with Crippen LogP contribution in [0.25, 0.3) is 22.3 Å². The first-order valence-corrected chi connectivity index (χ1v) is 16.9. The standard InChI is InChI=1S/C38H20N8O2S2/c1-37(2)25-26(32-33(37)45-35(50-32)43-27-23(17(13-39)14-40)19-9-5-7-11-21(19)29(27)47)38(3,4)34-31(25)49-36(46-34)44-28-24(18(15-41)16-42)20-10-6-8-12-22(20)30(28)48/h5-12H,1-4H3. The van der Waals surface area contributed by atoms with Gasteiger partial charge in [-0.15, -0.1) is 0 Å². The van der Waals surface area contributed by atoms with Gasteiger partial charge in [0.15, 0.2) is 0 Å². The van der Waals surface area contributed by atoms with Crippen molar-refractivity contribution in [1.29, 1.82) is 21.0 Å². The summed E-state index contributed by atoms with van der Waals surface area (Å²) < 4.78 is 0. The average Bonchev–Trinajstić information content (AvgIpc) is 3.91. The van der Waals surface area contributed by atoms with Gasteiger partial charge >= 0.3 is 0 Å². The van der Waals surface area contributed by atoms with Crippen LogP contribution in [-0.2, 0) is 10.8 Å². The number of allylic oxidation sites excluding steroid dienone is 6. The zero-order valence-corrected chi connectivity index (χ0v) is 28.5. The zero-order chi connectivity index (χ0) is 35.3. The van der Waals surface area contributed by atoms with Gasteiger partial charge in [0.25, 0.3) is 0 Å². The highest BCUT2D eigenvalue weighted by atomic mass is 32.1. The van der Waals surface area contributed by atoms with Crippen LogP contribution in [0.3, 0.4) is 0 Å². The summed E-state index contributed by atoms with van der Waals surface area (Å²) in [7, 11) is 0. The number of hydrogen-bond acceptors (Lipinski definition) is 12. The Balaban J connectivity index is 1.24. The van der Waals surface area contributed by atoms with Crippen LogP contribution in [0.4, 0.5) is 10.3 Å². The molecule has 4 aliphatic carbocycles. The van der Waals surface area contributed by atoms with E-state index < -0.39 is 10.8 Å². The molecule has 0 atom stereocenters. The number of Topliss-reactive ketones (excluding diaryl/α,β-unsaturated/α-hetero) is 2. The van der Waals surface area contributed by atoms with Gasteiger partial charge in [-0.2, -0.15) is 21.0 Å². The lowest BCUT2D eigenvalue weighted by molar-refractivity contribution is 0.106. The summed E-state index contributed by atoms with van der Waals surface area (Å²) >= 11 is 2.69. The fourth-order valence-electron chi connectivity index (χ4n) is 7.28. The second kappa shape index (κ2) is 10.5. The van der Waals surface area contributed by atoms with Crippen molar-refractivity contribution >= 4 is 78.2 Å². The second-order valence-electron chi connectivity index (χ2n) is 13.0. The van der Waals surface area contributed by atoms with E-state index >= 15 is 0 Å². The molecule has 4 aliphatic rings. The first-order chi connectivity index (χ1) is 24.0. The molecule has 0 bridgehead atoms. The molecule has 2 aromatic carbocycles. The highest BCUT2D eigenvalue weighted by Gasteiger charge is 2.54. The monoisotopic (exact) mass is 684 g/mol. The molecule has 0 saturated carbocycles. The predicted octanol–water partition coefficient (Wildman–Crippen LogP) is 7.63. The molecule has 0 unspecified atom stereocenters. The smallest absolute Gasteiger partial charge is 0.212 e. The van der Waals surface area contributed by atoms with Crippen LogP contribution in [0, 0.1) is 45.3 Å². The largest absolute Gasteiger partial charge is 0.287 e. The average molecular weight is 685 g/mol. The summed E-state index contributed by atoms with van der Waals surface area (Å²) in [5, 5.41) is 39.5. The van der Waals surface area contributed by atoms with Crippen LogP contribution in [0.5, 0.6) is 0 Å². The summed E-state index contributed by atoms with van der Waals surface area (Å²) in [5.74, 6) is -0.735. The molecule has 0 N–H and O–H groups in total. The maximum absolute atomic E-state index is 13.5. The minimum absolute atomic E-state index is 0.0203. The molecule has 10 nitrogen and oxygen atoms in total. The first kappa shape index (κ1) is 30.9. The molecule has 2 heterocycles. The van der Waals surface area contributed by atoms with E-state index in [-0.39, 0.29) is 45.3 Å². The van der Waals surface area contributed by atoms with Crippen LogP contribution in [0.15, 0.2) is 69.7 Å². The minimum atomic E-state index is -0.593. The number of nitriles is 4. The van der Waals surface area contributed by atoms with Gasteiger partial charge in [0.2, 0.25) is 21.8 Å². The van der Waals surface area contributed by atoms with E-state index in [1.54, 1.807) is 48.5 Å². The molecular weight excluding hydrogens is 665 g/mol. The highest BCUT2D eigenvalue weighted by molar-refractivity contribution is 7.18. The summed E-state index contributed by atoms with van der Waals surface area (Å²) in [6, 6.07) is 21.3. The molecule has 50 heavy (non-hydrogen) atoms. The summed E-state index contributed by atoms with van der Waals surface area (Å²) in [5.41, 5.74) is 4.33. The third-order valence-corrected chi connectivity index (χ3v) is 11.5. The van der Waals surface area contributed by atoms with Crippen molar-refractivity contribution in [3.05, 3.63) is 103 Å². The molecule has 0 radical (unpaired) electrons. The number of carbonyl (C=O) groups is 2. The first-order valence-electron chi connectivity index (χ1n) is 15.3. The Morgan fingerprint density at radius 1 is 0.600 bits per heavy atom. The van der Waals surface area contributed by atoms with Crippen LogP contribution in [0.2, 0.25) is 0 Å². The van der Waals surface area contributed by atoms with Gasteiger partial charge in [0.05, 0.1) is 21.1 Å². The van der Waals surface area contributed by atoms with Gasteiger partial charge < -0.3 is 0 Å². The molecule has 0 spiro atoms. The van der Waals surface area contributed by atoms with E-state index in [9.17, 15) is 30.6 Å². The number of ketones is 2. The van der Waals surface area contributed by atoms with Gasteiger partial charge in [0, 0.05) is 33.1 Å². The van der Waals surface area contributed by atoms with Crippen molar-refractivity contribution in [2.45, 2.75) is 38.5 Å². The quantitative estimate of drug-likeness (QED) is 0.193. The number of thiazole rings is 2. The van der Waals surface area contributed by atoms with Crippen molar-refractivity contribution < 1.29 is 9.59 Å². The van der Waals surface area contributed by atoms with E-state index in [2.05, 4.69) is 37.7 Å². The molecule has 12 heteroatoms. The number of nitrogens with zero attached hydrogens (tertiary/aromatic N) is 8. The Morgan fingerprint density at radius 2 is 0.940 bits per heavy atom. The van der Waals surface area contributed by atoms with E-state index in [4.69, 9.17) is 9.97 Å². The molecule has 0 aliphatic heterocycles. The van der Waals surface area contributed by atoms with Crippen molar-refractivity contribution in [2.75, 3.05) is 0 Å². The van der Waals surface area contributed by atoms with Crippen LogP contribution in [-0.4, -0.2) is 33.0 Å². The Bertz CT molecular complexity index is 2470. The van der Waals surface area contributed by atoms with Gasteiger partial charge in [-0.3, -0.25) is 9.59 Å². The number of aliphatic imine (C=N–C) groups is 2. The van der Waals surface area contributed by atoms with E-state index in [0.29, 0.717) is 32.5 Å². The molecular formula is C38H20N8O2S2. The number of rotatable bonds is 2. The maximum atomic E-state index is 13.5. The van der Waals surface area contributed by atoms with Crippen molar-refractivity contribution in [3.63, 3.8) is 0 Å². The molecule has 0 amide bonds. The molecule has 4 aromatic rings. The van der Waals surface area contributed by atoms with Gasteiger partial charge in [0.1, 0.15) is 46.8 Å². The van der Waals surface area contributed by atoms with Crippen LogP contribution in [0.1, 0.15) is 80.7 Å². The van der Waals surface area contributed by atoms with E-state index in [1.807, 2.05) is 24.3 Å². The number of hydrogen-bond donors (Lipinski definition) is 0. The van der Waals surface area contributed by atoms with Crippen LogP contribution < -0.4 is 0 Å². The minimum Gasteiger partial charge on any atom is -0.287 e. The number of fused-ring (bicyclic) bond motifs is 6. The van der Waals surface area contributed by atoms with Crippen molar-refractivity contribution in [1.82, 2.24) is 9.97 Å². The fourth-order valence-corrected chi connectivity index (χ4v) is 9.90. The number of benzene rings is 2. The lowest BCUT2D eigenvalue weighted by Crippen LogP contribution is -2.18. The van der Waals surface area contributed by atoms with Crippen LogP contribution >= 0.6 is 22.7 Å². The second-order valence-corrected chi connectivity index (χ2v) is 14.9. The molecule has 0 fully saturated rings. The Hall–Kier alpha value is -6.44. The molecule has 236 valence electrons. The summed E-state index contributed by atoms with van der Waals surface area (Å²) in [6.07, 6.45) is 0. The molecule has 0 saturated heterocycles. The maximum Gasteiger partial charge on any atom is 0.212 e. The Morgan fingerprint density at radius 3 is 1.28 bits per heavy atom. The number of aromatic nitrogens is 2. The van der Waals surface area contributed by atoms with Gasteiger partial charge in [-0.25, -0.2) is 20.0 Å². The van der Waals surface area contributed by atoms with Gasteiger partial charge in [-0.1, -0.05) is 98.9 Å². The molecule has 2 aromatic heterocycles. The van der Waals surface area contributed by atoms with E-state index in [1.165, 1.54) is 22.7 Å². The summed E-state index contributed by atoms with van der Waals surface area (Å²) in [4.78, 5) is 48.1. The lowest BCUT2D eigenvalue weighted by atomic mass is 9.84. The lowest BCUT2D eigenvalue weighted by Gasteiger charge is -2.21. The van der Waals surface area contributed by atoms with Gasteiger partial charge in [-0.05, 0) is 22.3 Å². The SMILES string of the molecule is CC1(C)C2=C(c3sc(N=C4C(=O)c5ccccc5C4=C(C#N)C#N)nc31)C(C)(C)c1nc(N=C3C(=O)c4ccccc4C3=C(C#N)C#N)sc12. The predicted molar refractivity (Wildman–Crippen MR) is 189 cm³/mol. The third-order valence-electron chi connectivity index (χ3n) is 9.52. The Kier molecular flexibility index (Phi) is 6.50. The van der Waals surface area contributed by atoms with Crippen molar-refractivity contribution in [3.8, 4) is 24.3 Å². The third kappa shape index (κ3) is 3.95. The van der Waals surface area contributed by atoms with Crippen molar-refractivity contribution in [2.24, 2.45) is 9.98 Å².